The van der Waals surface area contributed by atoms with Gasteiger partial charge in [-0.05, 0) is 12.1 Å². The molecular formula is C13H17N3O2. The molecule has 1 aromatic heterocycles. The Labute approximate surface area is 106 Å². The van der Waals surface area contributed by atoms with E-state index in [0.29, 0.717) is 5.82 Å². The molecule has 5 heteroatoms. The topological polar surface area (TPSA) is 71.1 Å². The molecular weight excluding hydrogens is 230 g/mol. The first kappa shape index (κ1) is 12.5. The average molecular weight is 247 g/mol. The molecule has 2 rings (SSSR count). The van der Waals surface area contributed by atoms with Crippen LogP contribution in [-0.2, 0) is 9.59 Å². The Morgan fingerprint density at radius 2 is 2.17 bits per heavy atom. The summed E-state index contributed by atoms with van der Waals surface area (Å²) in [5, 5.41) is 5.76. The molecule has 1 aliphatic rings. The summed E-state index contributed by atoms with van der Waals surface area (Å²) in [7, 11) is 0. The minimum Gasteiger partial charge on any atom is -0.370 e. The molecule has 1 amide bonds. The van der Waals surface area contributed by atoms with Crippen LogP contribution in [0.1, 0.15) is 27.2 Å². The molecule has 0 saturated carbocycles. The van der Waals surface area contributed by atoms with Crippen molar-refractivity contribution in [3.05, 3.63) is 18.3 Å². The molecule has 1 unspecified atom stereocenters. The number of nitrogens with one attached hydrogen (secondary N) is 2. The van der Waals surface area contributed by atoms with Gasteiger partial charge in [0.1, 0.15) is 11.8 Å². The quantitative estimate of drug-likeness (QED) is 0.836. The zero-order valence-electron chi connectivity index (χ0n) is 10.8. The Kier molecular flexibility index (Phi) is 3.07. The van der Waals surface area contributed by atoms with Gasteiger partial charge in [0.15, 0.2) is 5.82 Å². The van der Waals surface area contributed by atoms with Crippen molar-refractivity contribution in [2.75, 3.05) is 10.6 Å². The first-order chi connectivity index (χ1) is 8.38. The molecule has 0 aliphatic carbocycles. The van der Waals surface area contributed by atoms with E-state index in [1.165, 1.54) is 0 Å². The largest absolute Gasteiger partial charge is 0.370 e. The van der Waals surface area contributed by atoms with Crippen LogP contribution in [0, 0.1) is 5.41 Å². The van der Waals surface area contributed by atoms with E-state index in [1.807, 2.05) is 26.8 Å². The molecule has 0 fully saturated rings. The van der Waals surface area contributed by atoms with Gasteiger partial charge in [-0.25, -0.2) is 4.98 Å². The van der Waals surface area contributed by atoms with Crippen molar-refractivity contribution in [2.24, 2.45) is 5.41 Å². The van der Waals surface area contributed by atoms with E-state index in [4.69, 9.17) is 0 Å². The van der Waals surface area contributed by atoms with Gasteiger partial charge in [0, 0.05) is 18.0 Å². The van der Waals surface area contributed by atoms with Crippen molar-refractivity contribution in [2.45, 2.75) is 33.2 Å². The van der Waals surface area contributed by atoms with E-state index in [2.05, 4.69) is 15.6 Å². The third kappa shape index (κ3) is 2.50. The summed E-state index contributed by atoms with van der Waals surface area (Å²) in [6, 6.07) is 3.09. The fourth-order valence-corrected chi connectivity index (χ4v) is 1.71. The second-order valence-electron chi connectivity index (χ2n) is 5.46. The Morgan fingerprint density at radius 1 is 1.44 bits per heavy atom. The summed E-state index contributed by atoms with van der Waals surface area (Å²) >= 11 is 0. The number of amides is 1. The first-order valence-corrected chi connectivity index (χ1v) is 5.93. The standard InChI is InChI=1S/C13H17N3O2/c1-13(2,3)10(17)7-9-12(18)16-11-8(15-9)5-4-6-14-11/h4-6,9,15H,7H2,1-3H3,(H,14,16,18). The van der Waals surface area contributed by atoms with Crippen LogP contribution in [-0.4, -0.2) is 22.7 Å². The number of carbonyl (C=O) groups excluding carboxylic acids is 2. The predicted octanol–water partition coefficient (Wildman–Crippen LogP) is 1.82. The van der Waals surface area contributed by atoms with E-state index in [0.717, 1.165) is 5.69 Å². The van der Waals surface area contributed by atoms with Crippen LogP contribution >= 0.6 is 0 Å². The number of hydrogen-bond acceptors (Lipinski definition) is 4. The molecule has 0 bridgehead atoms. The summed E-state index contributed by atoms with van der Waals surface area (Å²) in [6.07, 6.45) is 1.80. The summed E-state index contributed by atoms with van der Waals surface area (Å²) < 4.78 is 0. The Bertz CT molecular complexity index is 491. The maximum absolute atomic E-state index is 12.0. The summed E-state index contributed by atoms with van der Waals surface area (Å²) in [5.41, 5.74) is 0.320. The van der Waals surface area contributed by atoms with Crippen LogP contribution in [0.25, 0.3) is 0 Å². The molecule has 0 aromatic carbocycles. The van der Waals surface area contributed by atoms with Gasteiger partial charge in [-0.3, -0.25) is 9.59 Å². The second kappa shape index (κ2) is 4.40. The first-order valence-electron chi connectivity index (χ1n) is 5.93. The summed E-state index contributed by atoms with van der Waals surface area (Å²) in [4.78, 5) is 27.9. The fourth-order valence-electron chi connectivity index (χ4n) is 1.71. The third-order valence-corrected chi connectivity index (χ3v) is 2.92. The molecule has 5 nitrogen and oxygen atoms in total. The highest BCUT2D eigenvalue weighted by Gasteiger charge is 2.31. The van der Waals surface area contributed by atoms with E-state index >= 15 is 0 Å². The molecule has 2 N–H and O–H groups in total. The van der Waals surface area contributed by atoms with Crippen LogP contribution in [0.2, 0.25) is 0 Å². The maximum atomic E-state index is 12.0. The molecule has 1 aliphatic heterocycles. The van der Waals surface area contributed by atoms with Crippen molar-refractivity contribution in [3.8, 4) is 0 Å². The van der Waals surface area contributed by atoms with Crippen molar-refractivity contribution in [1.82, 2.24) is 4.98 Å². The number of Topliss-reactive ketones (excluding diaryl/α,β-unsaturated/α-hetero) is 1. The smallest absolute Gasteiger partial charge is 0.248 e. The fraction of sp³-hybridized carbons (Fsp3) is 0.462. The van der Waals surface area contributed by atoms with Gasteiger partial charge in [-0.15, -0.1) is 0 Å². The van der Waals surface area contributed by atoms with E-state index in [-0.39, 0.29) is 18.1 Å². The molecule has 0 saturated heterocycles. The minimum absolute atomic E-state index is 0.0579. The van der Waals surface area contributed by atoms with Gasteiger partial charge in [-0.1, -0.05) is 20.8 Å². The van der Waals surface area contributed by atoms with Crippen molar-refractivity contribution in [1.29, 1.82) is 0 Å². The number of hydrogen-bond donors (Lipinski definition) is 2. The van der Waals surface area contributed by atoms with Crippen LogP contribution in [0.5, 0.6) is 0 Å². The van der Waals surface area contributed by atoms with Crippen LogP contribution in [0.3, 0.4) is 0 Å². The lowest BCUT2D eigenvalue weighted by molar-refractivity contribution is -0.128. The highest BCUT2D eigenvalue weighted by Crippen LogP contribution is 2.26. The molecule has 0 radical (unpaired) electrons. The molecule has 1 aromatic rings. The molecule has 96 valence electrons. The van der Waals surface area contributed by atoms with Gasteiger partial charge in [0.25, 0.3) is 0 Å². The highest BCUT2D eigenvalue weighted by atomic mass is 16.2. The van der Waals surface area contributed by atoms with Crippen LogP contribution < -0.4 is 10.6 Å². The zero-order valence-corrected chi connectivity index (χ0v) is 10.8. The third-order valence-electron chi connectivity index (χ3n) is 2.92. The van der Waals surface area contributed by atoms with E-state index in [9.17, 15) is 9.59 Å². The molecule has 0 spiro atoms. The Hall–Kier alpha value is -1.91. The lowest BCUT2D eigenvalue weighted by Crippen LogP contribution is -2.42. The van der Waals surface area contributed by atoms with Crippen LogP contribution in [0.4, 0.5) is 11.5 Å². The van der Waals surface area contributed by atoms with Crippen molar-refractivity contribution in [3.63, 3.8) is 0 Å². The minimum atomic E-state index is -0.520. The number of rotatable bonds is 2. The highest BCUT2D eigenvalue weighted by molar-refractivity contribution is 6.04. The van der Waals surface area contributed by atoms with Crippen molar-refractivity contribution >= 4 is 23.2 Å². The van der Waals surface area contributed by atoms with Gasteiger partial charge in [0.2, 0.25) is 5.91 Å². The lowest BCUT2D eigenvalue weighted by atomic mass is 9.86. The number of ketones is 1. The number of carbonyl (C=O) groups is 2. The number of fused-ring (bicyclic) bond motifs is 1. The number of pyridine rings is 1. The Balaban J connectivity index is 2.13. The second-order valence-corrected chi connectivity index (χ2v) is 5.46. The van der Waals surface area contributed by atoms with Gasteiger partial charge in [-0.2, -0.15) is 0 Å². The van der Waals surface area contributed by atoms with Crippen molar-refractivity contribution < 1.29 is 9.59 Å². The summed E-state index contributed by atoms with van der Waals surface area (Å²) in [6.45, 7) is 5.56. The Morgan fingerprint density at radius 3 is 2.83 bits per heavy atom. The summed E-state index contributed by atoms with van der Waals surface area (Å²) in [5.74, 6) is 0.364. The monoisotopic (exact) mass is 247 g/mol. The molecule has 1 atom stereocenters. The number of anilines is 2. The maximum Gasteiger partial charge on any atom is 0.248 e. The predicted molar refractivity (Wildman–Crippen MR) is 69.4 cm³/mol. The van der Waals surface area contributed by atoms with Crippen LogP contribution in [0.15, 0.2) is 18.3 Å². The van der Waals surface area contributed by atoms with E-state index < -0.39 is 11.5 Å². The van der Waals surface area contributed by atoms with E-state index in [1.54, 1.807) is 12.3 Å². The van der Waals surface area contributed by atoms with Gasteiger partial charge < -0.3 is 10.6 Å². The molecule has 18 heavy (non-hydrogen) atoms. The number of aromatic nitrogens is 1. The van der Waals surface area contributed by atoms with Gasteiger partial charge in [0.05, 0.1) is 5.69 Å². The lowest BCUT2D eigenvalue weighted by Gasteiger charge is -2.27. The average Bonchev–Trinajstić information content (AvgIpc) is 2.28. The van der Waals surface area contributed by atoms with Gasteiger partial charge >= 0.3 is 0 Å². The zero-order chi connectivity index (χ0) is 13.3. The molecule has 2 heterocycles. The normalized spacial score (nSPS) is 18.6. The number of nitrogens with zero attached hydrogens (tertiary/aromatic N) is 1. The SMILES string of the molecule is CC(C)(C)C(=O)CC1Nc2cccnc2NC1=O.